The molecule has 2 aliphatic rings. The van der Waals surface area contributed by atoms with Gasteiger partial charge in [-0.3, -0.25) is 0 Å². The first-order chi connectivity index (χ1) is 14.4. The second-order valence-electron chi connectivity index (χ2n) is 7.42. The molecule has 0 spiro atoms. The van der Waals surface area contributed by atoms with Crippen LogP contribution in [0.5, 0.6) is 5.75 Å². The lowest BCUT2D eigenvalue weighted by atomic mass is 10.1. The first-order valence-electron chi connectivity index (χ1n) is 9.51. The van der Waals surface area contributed by atoms with Crippen LogP contribution in [-0.2, 0) is 15.9 Å². The molecule has 1 aliphatic heterocycles. The lowest BCUT2D eigenvalue weighted by molar-refractivity contribution is -0.0412. The molecule has 1 aliphatic carbocycles. The maximum absolute atomic E-state index is 15.0. The van der Waals surface area contributed by atoms with Gasteiger partial charge in [0.15, 0.2) is 17.9 Å². The molecule has 1 fully saturated rings. The number of benzene rings is 1. The fourth-order valence-electron chi connectivity index (χ4n) is 4.11. The van der Waals surface area contributed by atoms with Crippen molar-refractivity contribution < 1.29 is 27.4 Å². The SMILES string of the molecule is COc1c(F)ccc2c1CC(F)(F)[C@H]2Nc1nc(C)cc2cc(C3OCCO3)sc12. The van der Waals surface area contributed by atoms with Crippen molar-refractivity contribution in [3.63, 3.8) is 0 Å². The van der Waals surface area contributed by atoms with Crippen LogP contribution in [0.1, 0.15) is 34.0 Å². The average molecular weight is 436 g/mol. The molecule has 0 unspecified atom stereocenters. The first kappa shape index (κ1) is 19.6. The van der Waals surface area contributed by atoms with E-state index in [-0.39, 0.29) is 11.3 Å². The Balaban J connectivity index is 1.57. The minimum atomic E-state index is -3.13. The number of rotatable bonds is 4. The van der Waals surface area contributed by atoms with E-state index in [1.54, 1.807) is 0 Å². The summed E-state index contributed by atoms with van der Waals surface area (Å²) >= 11 is 1.40. The van der Waals surface area contributed by atoms with E-state index < -0.39 is 30.5 Å². The Hall–Kier alpha value is -2.36. The van der Waals surface area contributed by atoms with Crippen molar-refractivity contribution in [1.82, 2.24) is 4.98 Å². The Morgan fingerprint density at radius 2 is 2.00 bits per heavy atom. The number of alkyl halides is 2. The third kappa shape index (κ3) is 3.12. The molecule has 1 atom stereocenters. The molecule has 9 heteroatoms. The number of fused-ring (bicyclic) bond motifs is 2. The maximum atomic E-state index is 15.0. The van der Waals surface area contributed by atoms with Crippen molar-refractivity contribution in [2.45, 2.75) is 31.6 Å². The standard InChI is InChI=1S/C21H19F3N2O3S/c1-10-7-11-8-15(20-28-5-6-29-20)30-17(11)19(25-10)26-18-12-3-4-14(22)16(27-2)13(12)9-21(18,23)24/h3-4,7-8,18,20H,5-6,9H2,1-2H3,(H,25,26)/t18-/m0/s1. The van der Waals surface area contributed by atoms with Crippen molar-refractivity contribution in [3.05, 3.63) is 51.8 Å². The van der Waals surface area contributed by atoms with Crippen LogP contribution in [0.15, 0.2) is 24.3 Å². The molecule has 3 heterocycles. The van der Waals surface area contributed by atoms with E-state index >= 15 is 0 Å². The number of aryl methyl sites for hydroxylation is 1. The van der Waals surface area contributed by atoms with Gasteiger partial charge in [0.05, 0.1) is 29.9 Å². The Labute approximate surface area is 174 Å². The summed E-state index contributed by atoms with van der Waals surface area (Å²) in [5.74, 6) is -3.55. The van der Waals surface area contributed by atoms with Gasteiger partial charge in [-0.1, -0.05) is 6.07 Å². The zero-order valence-electron chi connectivity index (χ0n) is 16.3. The molecule has 0 radical (unpaired) electrons. The molecule has 0 bridgehead atoms. The Morgan fingerprint density at radius 1 is 1.23 bits per heavy atom. The van der Waals surface area contributed by atoms with Gasteiger partial charge in [0.1, 0.15) is 11.9 Å². The fraction of sp³-hybridized carbons (Fsp3) is 0.381. The minimum absolute atomic E-state index is 0.132. The quantitative estimate of drug-likeness (QED) is 0.614. The molecule has 5 nitrogen and oxygen atoms in total. The van der Waals surface area contributed by atoms with Crippen LogP contribution in [0, 0.1) is 12.7 Å². The van der Waals surface area contributed by atoms with Crippen molar-refractivity contribution in [2.75, 3.05) is 25.6 Å². The smallest absolute Gasteiger partial charge is 0.276 e. The number of pyridine rings is 1. The number of anilines is 1. The van der Waals surface area contributed by atoms with Crippen molar-refractivity contribution in [2.24, 2.45) is 0 Å². The predicted molar refractivity (Wildman–Crippen MR) is 107 cm³/mol. The number of hydrogen-bond acceptors (Lipinski definition) is 6. The molecule has 5 rings (SSSR count). The molecule has 1 aromatic carbocycles. The molecule has 0 saturated carbocycles. The second-order valence-corrected chi connectivity index (χ2v) is 8.50. The van der Waals surface area contributed by atoms with Gasteiger partial charge in [-0.2, -0.15) is 0 Å². The molecule has 3 aromatic rings. The van der Waals surface area contributed by atoms with Crippen LogP contribution in [0.4, 0.5) is 19.0 Å². The normalized spacial score (nSPS) is 20.6. The van der Waals surface area contributed by atoms with Gasteiger partial charge in [0.2, 0.25) is 0 Å². The summed E-state index contributed by atoms with van der Waals surface area (Å²) in [6, 6.07) is 5.04. The van der Waals surface area contributed by atoms with E-state index in [1.807, 2.05) is 19.1 Å². The number of methoxy groups -OCH3 is 1. The number of ether oxygens (including phenoxy) is 3. The molecular formula is C21H19F3N2O3S. The molecule has 2 aromatic heterocycles. The van der Waals surface area contributed by atoms with Gasteiger partial charge in [0.25, 0.3) is 5.92 Å². The largest absolute Gasteiger partial charge is 0.493 e. The highest BCUT2D eigenvalue weighted by atomic mass is 32.1. The van der Waals surface area contributed by atoms with Crippen LogP contribution in [0.3, 0.4) is 0 Å². The molecule has 30 heavy (non-hydrogen) atoms. The fourth-order valence-corrected chi connectivity index (χ4v) is 5.20. The minimum Gasteiger partial charge on any atom is -0.493 e. The number of nitrogens with one attached hydrogen (secondary N) is 1. The van der Waals surface area contributed by atoms with E-state index in [2.05, 4.69) is 10.3 Å². The third-order valence-electron chi connectivity index (χ3n) is 5.38. The van der Waals surface area contributed by atoms with Crippen molar-refractivity contribution in [3.8, 4) is 5.75 Å². The van der Waals surface area contributed by atoms with Gasteiger partial charge in [-0.15, -0.1) is 11.3 Å². The van der Waals surface area contributed by atoms with Gasteiger partial charge in [-0.05, 0) is 36.1 Å². The second kappa shape index (κ2) is 7.11. The van der Waals surface area contributed by atoms with Gasteiger partial charge in [-0.25, -0.2) is 18.2 Å². The highest BCUT2D eigenvalue weighted by Gasteiger charge is 2.49. The summed E-state index contributed by atoms with van der Waals surface area (Å²) in [5.41, 5.74) is 1.19. The highest BCUT2D eigenvalue weighted by Crippen LogP contribution is 2.49. The highest BCUT2D eigenvalue weighted by molar-refractivity contribution is 7.19. The lowest BCUT2D eigenvalue weighted by Gasteiger charge is -2.22. The van der Waals surface area contributed by atoms with E-state index in [0.29, 0.717) is 30.3 Å². The summed E-state index contributed by atoms with van der Waals surface area (Å²) < 4.78 is 60.9. The average Bonchev–Trinajstić information content (AvgIpc) is 3.40. The van der Waals surface area contributed by atoms with E-state index in [0.717, 1.165) is 21.0 Å². The zero-order valence-corrected chi connectivity index (χ0v) is 17.1. The number of nitrogens with zero attached hydrogens (tertiary/aromatic N) is 1. The first-order valence-corrected chi connectivity index (χ1v) is 10.3. The van der Waals surface area contributed by atoms with E-state index in [4.69, 9.17) is 14.2 Å². The molecule has 1 N–H and O–H groups in total. The van der Waals surface area contributed by atoms with Crippen molar-refractivity contribution >= 4 is 27.2 Å². The Morgan fingerprint density at radius 3 is 2.73 bits per heavy atom. The number of thiophene rings is 1. The lowest BCUT2D eigenvalue weighted by Crippen LogP contribution is -2.28. The summed E-state index contributed by atoms with van der Waals surface area (Å²) in [5, 5.41) is 3.81. The maximum Gasteiger partial charge on any atom is 0.276 e. The summed E-state index contributed by atoms with van der Waals surface area (Å²) in [4.78, 5) is 5.34. The van der Waals surface area contributed by atoms with Crippen LogP contribution in [-0.4, -0.2) is 31.2 Å². The van der Waals surface area contributed by atoms with Gasteiger partial charge < -0.3 is 19.5 Å². The summed E-state index contributed by atoms with van der Waals surface area (Å²) in [7, 11) is 1.28. The topological polar surface area (TPSA) is 52.6 Å². The van der Waals surface area contributed by atoms with Crippen molar-refractivity contribution in [1.29, 1.82) is 0 Å². The van der Waals surface area contributed by atoms with Gasteiger partial charge >= 0.3 is 0 Å². The van der Waals surface area contributed by atoms with Crippen LogP contribution >= 0.6 is 11.3 Å². The van der Waals surface area contributed by atoms with Crippen LogP contribution < -0.4 is 10.1 Å². The Kier molecular flexibility index (Phi) is 4.64. The number of halogens is 3. The zero-order chi connectivity index (χ0) is 21.0. The van der Waals surface area contributed by atoms with E-state index in [9.17, 15) is 13.2 Å². The number of hydrogen-bond donors (Lipinski definition) is 1. The monoisotopic (exact) mass is 436 g/mol. The number of aromatic nitrogens is 1. The van der Waals surface area contributed by atoms with Gasteiger partial charge in [0, 0.05) is 17.7 Å². The molecule has 0 amide bonds. The summed E-state index contributed by atoms with van der Waals surface area (Å²) in [6.07, 6.45) is -1.05. The summed E-state index contributed by atoms with van der Waals surface area (Å²) in [6.45, 7) is 2.85. The van der Waals surface area contributed by atoms with Crippen LogP contribution in [0.2, 0.25) is 0 Å². The van der Waals surface area contributed by atoms with E-state index in [1.165, 1.54) is 24.5 Å². The molecule has 158 valence electrons. The third-order valence-corrected chi connectivity index (χ3v) is 6.56. The molecular weight excluding hydrogens is 417 g/mol. The predicted octanol–water partition coefficient (Wildman–Crippen LogP) is 5.14. The van der Waals surface area contributed by atoms with Crippen LogP contribution in [0.25, 0.3) is 10.1 Å². The molecule has 1 saturated heterocycles. The Bertz CT molecular complexity index is 1130.